The first kappa shape index (κ1) is 19.0. The van der Waals surface area contributed by atoms with Crippen molar-refractivity contribution in [3.05, 3.63) is 29.3 Å². The highest BCUT2D eigenvalue weighted by Gasteiger charge is 2.36. The minimum atomic E-state index is 0.393. The fourth-order valence-corrected chi connectivity index (χ4v) is 4.14. The third-order valence-electron chi connectivity index (χ3n) is 6.06. The summed E-state index contributed by atoms with van der Waals surface area (Å²) in [5.74, 6) is 0.892. The maximum absolute atomic E-state index is 5.29. The molecule has 2 aliphatic rings. The predicted molar refractivity (Wildman–Crippen MR) is 109 cm³/mol. The molecule has 26 heavy (non-hydrogen) atoms. The zero-order chi connectivity index (χ0) is 18.4. The largest absolute Gasteiger partial charge is 0.385 e. The average Bonchev–Trinajstić information content (AvgIpc) is 2.63. The van der Waals surface area contributed by atoms with Gasteiger partial charge in [0.05, 0.1) is 0 Å². The minimum absolute atomic E-state index is 0.393. The van der Waals surface area contributed by atoms with Gasteiger partial charge in [0.2, 0.25) is 0 Å². The molecule has 1 fully saturated rings. The number of anilines is 1. The number of guanidine groups is 1. The quantitative estimate of drug-likeness (QED) is 0.581. The number of ether oxygens (including phenoxy) is 1. The highest BCUT2D eigenvalue weighted by Crippen LogP contribution is 2.43. The van der Waals surface area contributed by atoms with Gasteiger partial charge in [-0.05, 0) is 54.7 Å². The molecule has 1 saturated carbocycles. The van der Waals surface area contributed by atoms with Crippen LogP contribution in [0.15, 0.2) is 23.2 Å². The number of benzene rings is 1. The first-order valence-corrected chi connectivity index (χ1v) is 9.92. The van der Waals surface area contributed by atoms with E-state index in [2.05, 4.69) is 45.8 Å². The van der Waals surface area contributed by atoms with Crippen LogP contribution in [-0.2, 0) is 17.7 Å². The molecule has 1 aliphatic heterocycles. The number of aryl methyl sites for hydroxylation is 1. The van der Waals surface area contributed by atoms with Crippen LogP contribution in [0.3, 0.4) is 0 Å². The highest BCUT2D eigenvalue weighted by molar-refractivity contribution is 5.79. The molecule has 0 unspecified atom stereocenters. The molecule has 5 heteroatoms. The van der Waals surface area contributed by atoms with Crippen molar-refractivity contribution in [2.75, 3.05) is 45.8 Å². The van der Waals surface area contributed by atoms with Crippen LogP contribution in [0, 0.1) is 5.41 Å². The molecule has 0 aromatic heterocycles. The van der Waals surface area contributed by atoms with Gasteiger partial charge in [-0.2, -0.15) is 0 Å². The number of nitrogens with zero attached hydrogens (tertiary/aromatic N) is 2. The van der Waals surface area contributed by atoms with Gasteiger partial charge in [0.25, 0.3) is 0 Å². The van der Waals surface area contributed by atoms with E-state index < -0.39 is 0 Å². The van der Waals surface area contributed by atoms with E-state index in [1.54, 1.807) is 7.11 Å². The van der Waals surface area contributed by atoms with Crippen LogP contribution in [0.25, 0.3) is 0 Å². The maximum Gasteiger partial charge on any atom is 0.191 e. The Morgan fingerprint density at radius 2 is 2.12 bits per heavy atom. The first-order chi connectivity index (χ1) is 12.7. The van der Waals surface area contributed by atoms with Gasteiger partial charge in [-0.3, -0.25) is 4.99 Å². The van der Waals surface area contributed by atoms with Crippen molar-refractivity contribution >= 4 is 11.6 Å². The lowest BCUT2D eigenvalue weighted by atomic mass is 9.67. The highest BCUT2D eigenvalue weighted by atomic mass is 16.5. The summed E-state index contributed by atoms with van der Waals surface area (Å²) in [5, 5.41) is 7.01. The third-order valence-corrected chi connectivity index (χ3v) is 6.06. The van der Waals surface area contributed by atoms with Gasteiger partial charge in [0.15, 0.2) is 5.96 Å². The fourth-order valence-electron chi connectivity index (χ4n) is 4.14. The normalized spacial score (nSPS) is 18.9. The Bertz CT molecular complexity index is 624. The Labute approximate surface area is 158 Å². The molecule has 1 aliphatic carbocycles. The molecule has 3 rings (SSSR count). The van der Waals surface area contributed by atoms with E-state index in [1.165, 1.54) is 48.9 Å². The van der Waals surface area contributed by atoms with E-state index in [0.717, 1.165) is 38.6 Å². The number of hydrogen-bond acceptors (Lipinski definition) is 3. The van der Waals surface area contributed by atoms with Gasteiger partial charge < -0.3 is 20.3 Å². The number of fused-ring (bicyclic) bond motifs is 1. The van der Waals surface area contributed by atoms with Crippen LogP contribution in [0.1, 0.15) is 43.2 Å². The van der Waals surface area contributed by atoms with Gasteiger partial charge in [-0.1, -0.05) is 18.6 Å². The summed E-state index contributed by atoms with van der Waals surface area (Å²) in [6, 6.07) is 6.83. The van der Waals surface area contributed by atoms with Crippen LogP contribution in [0.2, 0.25) is 0 Å². The smallest absolute Gasteiger partial charge is 0.191 e. The molecule has 144 valence electrons. The van der Waals surface area contributed by atoms with Gasteiger partial charge >= 0.3 is 0 Å². The lowest BCUT2D eigenvalue weighted by Crippen LogP contribution is -2.46. The average molecular weight is 359 g/mol. The summed E-state index contributed by atoms with van der Waals surface area (Å²) in [6.45, 7) is 3.79. The Morgan fingerprint density at radius 3 is 2.81 bits per heavy atom. The van der Waals surface area contributed by atoms with E-state index in [9.17, 15) is 0 Å². The van der Waals surface area contributed by atoms with Crippen LogP contribution in [0.4, 0.5) is 5.69 Å². The molecule has 0 atom stereocenters. The van der Waals surface area contributed by atoms with Gasteiger partial charge in [0, 0.05) is 53.1 Å². The molecule has 0 bridgehead atoms. The van der Waals surface area contributed by atoms with Crippen LogP contribution < -0.4 is 15.5 Å². The van der Waals surface area contributed by atoms with Gasteiger partial charge in [0.1, 0.15) is 0 Å². The number of aliphatic imine (C=N–C) groups is 1. The molecule has 1 aromatic carbocycles. The molecule has 0 spiro atoms. The minimum Gasteiger partial charge on any atom is -0.385 e. The van der Waals surface area contributed by atoms with Crippen molar-refractivity contribution in [1.82, 2.24) is 10.6 Å². The SMILES string of the molecule is CN=C(NCc1ccc2c(c1)CCCN2C)NCC1(CCOC)CCC1. The molecular formula is C21H34N4O. The second-order valence-corrected chi connectivity index (χ2v) is 7.86. The number of methoxy groups -OCH3 is 1. The Balaban J connectivity index is 1.51. The van der Waals surface area contributed by atoms with Crippen molar-refractivity contribution in [1.29, 1.82) is 0 Å². The first-order valence-electron chi connectivity index (χ1n) is 9.92. The lowest BCUT2D eigenvalue weighted by molar-refractivity contribution is 0.0732. The number of nitrogens with one attached hydrogen (secondary N) is 2. The van der Waals surface area contributed by atoms with Crippen molar-refractivity contribution in [2.45, 2.75) is 45.1 Å². The Hall–Kier alpha value is -1.75. The Morgan fingerprint density at radius 1 is 1.27 bits per heavy atom. The zero-order valence-electron chi connectivity index (χ0n) is 16.6. The predicted octanol–water partition coefficient (Wildman–Crippen LogP) is 2.94. The van der Waals surface area contributed by atoms with E-state index in [4.69, 9.17) is 4.74 Å². The summed E-state index contributed by atoms with van der Waals surface area (Å²) in [7, 11) is 5.82. The molecular weight excluding hydrogens is 324 g/mol. The molecule has 1 heterocycles. The Kier molecular flexibility index (Phi) is 6.41. The summed E-state index contributed by atoms with van der Waals surface area (Å²) in [4.78, 5) is 6.76. The maximum atomic E-state index is 5.29. The summed E-state index contributed by atoms with van der Waals surface area (Å²) < 4.78 is 5.29. The van der Waals surface area contributed by atoms with Crippen molar-refractivity contribution in [3.63, 3.8) is 0 Å². The summed E-state index contributed by atoms with van der Waals surface area (Å²) in [5.41, 5.74) is 4.56. The van der Waals surface area contributed by atoms with Crippen molar-refractivity contribution < 1.29 is 4.74 Å². The fraction of sp³-hybridized carbons (Fsp3) is 0.667. The molecule has 0 amide bonds. The van der Waals surface area contributed by atoms with E-state index in [-0.39, 0.29) is 0 Å². The molecule has 2 N–H and O–H groups in total. The van der Waals surface area contributed by atoms with E-state index in [0.29, 0.717) is 5.41 Å². The number of hydrogen-bond donors (Lipinski definition) is 2. The summed E-state index contributed by atoms with van der Waals surface area (Å²) >= 11 is 0. The van der Waals surface area contributed by atoms with Crippen LogP contribution in [0.5, 0.6) is 0 Å². The molecule has 0 radical (unpaired) electrons. The second-order valence-electron chi connectivity index (χ2n) is 7.86. The molecule has 5 nitrogen and oxygen atoms in total. The number of rotatable bonds is 7. The van der Waals surface area contributed by atoms with Crippen molar-refractivity contribution in [2.24, 2.45) is 10.4 Å². The molecule has 0 saturated heterocycles. The summed E-state index contributed by atoms with van der Waals surface area (Å²) in [6.07, 6.45) is 7.47. The standard InChI is InChI=1S/C21H34N4O/c1-22-20(24-16-21(9-5-10-21)11-13-26-3)23-15-17-7-8-19-18(14-17)6-4-12-25(19)2/h7-8,14H,4-6,9-13,15-16H2,1-3H3,(H2,22,23,24). The van der Waals surface area contributed by atoms with Gasteiger partial charge in [-0.25, -0.2) is 0 Å². The zero-order valence-corrected chi connectivity index (χ0v) is 16.6. The topological polar surface area (TPSA) is 48.9 Å². The van der Waals surface area contributed by atoms with Crippen molar-refractivity contribution in [3.8, 4) is 0 Å². The van der Waals surface area contributed by atoms with Gasteiger partial charge in [-0.15, -0.1) is 0 Å². The van der Waals surface area contributed by atoms with Crippen LogP contribution >= 0.6 is 0 Å². The third kappa shape index (κ3) is 4.50. The van der Waals surface area contributed by atoms with Crippen LogP contribution in [-0.4, -0.2) is 46.9 Å². The van der Waals surface area contributed by atoms with E-state index in [1.807, 2.05) is 7.05 Å². The lowest BCUT2D eigenvalue weighted by Gasteiger charge is -2.42. The van der Waals surface area contributed by atoms with E-state index >= 15 is 0 Å². The second kappa shape index (κ2) is 8.76. The monoisotopic (exact) mass is 358 g/mol. The molecule has 1 aromatic rings.